The van der Waals surface area contributed by atoms with Crippen LogP contribution in [0.4, 0.5) is 0 Å². The van der Waals surface area contributed by atoms with Crippen LogP contribution in [0.15, 0.2) is 85.1 Å². The molecule has 6 heteroatoms. The Hall–Kier alpha value is -3.41. The van der Waals surface area contributed by atoms with Crippen LogP contribution in [-0.4, -0.2) is 37.2 Å². The minimum absolute atomic E-state index is 0.101. The van der Waals surface area contributed by atoms with Crippen LogP contribution in [0.5, 0.6) is 0 Å². The van der Waals surface area contributed by atoms with E-state index in [0.29, 0.717) is 19.3 Å². The Kier molecular flexibility index (Phi) is 48.5. The van der Waals surface area contributed by atoms with Crippen molar-refractivity contribution in [2.24, 2.45) is 0 Å². The molecule has 0 N–H and O–H groups in total. The van der Waals surface area contributed by atoms with Crippen LogP contribution in [0.25, 0.3) is 0 Å². The Balaban J connectivity index is 4.47. The van der Waals surface area contributed by atoms with Gasteiger partial charge in [0.25, 0.3) is 0 Å². The van der Waals surface area contributed by atoms with Crippen molar-refractivity contribution in [2.75, 3.05) is 13.2 Å². The molecule has 0 heterocycles. The summed E-state index contributed by atoms with van der Waals surface area (Å²) < 4.78 is 16.8. The van der Waals surface area contributed by atoms with Crippen molar-refractivity contribution in [1.82, 2.24) is 0 Å². The van der Waals surface area contributed by atoms with Crippen molar-refractivity contribution >= 4 is 17.9 Å². The molecule has 0 aromatic rings. The average Bonchev–Trinajstić information content (AvgIpc) is 3.28. The third kappa shape index (κ3) is 49.5. The zero-order chi connectivity index (χ0) is 45.8. The normalized spacial score (nSPS) is 12.7. The summed E-state index contributed by atoms with van der Waals surface area (Å²) >= 11 is 0. The van der Waals surface area contributed by atoms with E-state index in [-0.39, 0.29) is 37.5 Å². The molecule has 1 atom stereocenters. The molecule has 63 heavy (non-hydrogen) atoms. The van der Waals surface area contributed by atoms with Crippen molar-refractivity contribution in [1.29, 1.82) is 0 Å². The number of hydrogen-bond donors (Lipinski definition) is 0. The highest BCUT2D eigenvalue weighted by Gasteiger charge is 2.19. The maximum absolute atomic E-state index is 12.8. The van der Waals surface area contributed by atoms with E-state index in [2.05, 4.69) is 106 Å². The minimum Gasteiger partial charge on any atom is -0.462 e. The topological polar surface area (TPSA) is 78.9 Å². The van der Waals surface area contributed by atoms with Crippen LogP contribution in [0.3, 0.4) is 0 Å². The van der Waals surface area contributed by atoms with Gasteiger partial charge in [-0.15, -0.1) is 0 Å². The van der Waals surface area contributed by atoms with Gasteiger partial charge in [-0.1, -0.05) is 189 Å². The zero-order valence-corrected chi connectivity index (χ0v) is 41.1. The van der Waals surface area contributed by atoms with Gasteiger partial charge in [0.1, 0.15) is 13.2 Å². The predicted octanol–water partition coefficient (Wildman–Crippen LogP) is 17.2. The molecule has 0 bridgehead atoms. The van der Waals surface area contributed by atoms with Crippen molar-refractivity contribution in [2.45, 2.75) is 245 Å². The van der Waals surface area contributed by atoms with Gasteiger partial charge in [0.15, 0.2) is 6.10 Å². The first-order chi connectivity index (χ1) is 31.0. The fourth-order valence-electron chi connectivity index (χ4n) is 6.93. The number of allylic oxidation sites excluding steroid dienone is 14. The lowest BCUT2D eigenvalue weighted by atomic mass is 10.1. The summed E-state index contributed by atoms with van der Waals surface area (Å²) in [5, 5.41) is 0. The fourth-order valence-corrected chi connectivity index (χ4v) is 6.93. The minimum atomic E-state index is -0.804. The van der Waals surface area contributed by atoms with Gasteiger partial charge in [-0.05, 0) is 116 Å². The van der Waals surface area contributed by atoms with Crippen LogP contribution in [0.1, 0.15) is 239 Å². The molecule has 6 nitrogen and oxygen atoms in total. The van der Waals surface area contributed by atoms with Crippen molar-refractivity contribution < 1.29 is 28.6 Å². The fraction of sp³-hybridized carbons (Fsp3) is 0.702. The number of carbonyl (C=O) groups excluding carboxylic acids is 3. The molecule has 0 aliphatic heterocycles. The molecule has 0 aliphatic carbocycles. The Morgan fingerprint density at radius 1 is 0.333 bits per heavy atom. The van der Waals surface area contributed by atoms with Gasteiger partial charge >= 0.3 is 17.9 Å². The second-order valence-electron chi connectivity index (χ2n) is 17.0. The van der Waals surface area contributed by atoms with Gasteiger partial charge in [0.2, 0.25) is 0 Å². The quantitative estimate of drug-likeness (QED) is 0.0262. The summed E-state index contributed by atoms with van der Waals surface area (Å²) in [6.07, 6.45) is 65.6. The molecule has 360 valence electrons. The summed E-state index contributed by atoms with van der Waals surface area (Å²) in [4.78, 5) is 38.0. The Labute approximate surface area is 388 Å². The summed E-state index contributed by atoms with van der Waals surface area (Å²) in [5.74, 6) is -0.959. The standard InChI is InChI=1S/C57H96O6/c1-4-7-10-13-16-19-22-25-27-28-30-32-35-38-41-44-47-50-56(59)62-53-54(52-61-55(58)49-46-43-40-37-34-31-24-21-18-15-12-9-6-3)63-57(60)51-48-45-42-39-36-33-29-26-23-20-17-14-11-8-5-2/h8,11,16-17,19-21,24-27,29,36,39,54H,4-7,9-10,12-15,18,22-23,28,30-35,37-38,40-53H2,1-3H3/b11-8-,19-16-,20-17-,24-21-,27-25-,29-26-,39-36-/t54-/m0/s1. The second-order valence-corrected chi connectivity index (χ2v) is 17.0. The van der Waals surface area contributed by atoms with Crippen LogP contribution in [0.2, 0.25) is 0 Å². The first-order valence-corrected chi connectivity index (χ1v) is 26.1. The van der Waals surface area contributed by atoms with E-state index in [0.717, 1.165) is 103 Å². The maximum Gasteiger partial charge on any atom is 0.306 e. The number of rotatable bonds is 46. The van der Waals surface area contributed by atoms with Gasteiger partial charge in [-0.2, -0.15) is 0 Å². The Bertz CT molecular complexity index is 1240. The SMILES string of the molecule is CC/C=C\C/C=C\C/C=C\C/C=C\CCCCC(=O)O[C@@H](COC(=O)CCCCCCC/C=C\CCCCCC)COC(=O)CCCCCCCCC/C=C\C/C=C\CCCCC. The molecule has 0 aromatic heterocycles. The highest BCUT2D eigenvalue weighted by molar-refractivity contribution is 5.71. The monoisotopic (exact) mass is 877 g/mol. The summed E-state index contributed by atoms with van der Waals surface area (Å²) in [6.45, 7) is 6.43. The number of unbranched alkanes of at least 4 members (excludes halogenated alkanes) is 21. The van der Waals surface area contributed by atoms with E-state index in [1.807, 2.05) is 0 Å². The zero-order valence-electron chi connectivity index (χ0n) is 41.1. The largest absolute Gasteiger partial charge is 0.462 e. The molecular formula is C57H96O6. The molecule has 0 saturated carbocycles. The molecule has 0 amide bonds. The van der Waals surface area contributed by atoms with E-state index < -0.39 is 6.10 Å². The molecule has 0 spiro atoms. The van der Waals surface area contributed by atoms with Gasteiger partial charge in [0, 0.05) is 19.3 Å². The van der Waals surface area contributed by atoms with Crippen LogP contribution >= 0.6 is 0 Å². The van der Waals surface area contributed by atoms with Crippen molar-refractivity contribution in [3.63, 3.8) is 0 Å². The van der Waals surface area contributed by atoms with E-state index in [1.54, 1.807) is 0 Å². The number of esters is 3. The van der Waals surface area contributed by atoms with Crippen LogP contribution < -0.4 is 0 Å². The summed E-state index contributed by atoms with van der Waals surface area (Å²) in [5.41, 5.74) is 0. The maximum atomic E-state index is 12.8. The van der Waals surface area contributed by atoms with Gasteiger partial charge in [0.05, 0.1) is 0 Å². The van der Waals surface area contributed by atoms with E-state index in [9.17, 15) is 14.4 Å². The van der Waals surface area contributed by atoms with Gasteiger partial charge in [-0.3, -0.25) is 14.4 Å². The lowest BCUT2D eigenvalue weighted by Gasteiger charge is -2.18. The lowest BCUT2D eigenvalue weighted by Crippen LogP contribution is -2.30. The highest BCUT2D eigenvalue weighted by atomic mass is 16.6. The smallest absolute Gasteiger partial charge is 0.306 e. The van der Waals surface area contributed by atoms with Crippen LogP contribution in [-0.2, 0) is 28.6 Å². The Morgan fingerprint density at radius 2 is 0.619 bits per heavy atom. The van der Waals surface area contributed by atoms with Gasteiger partial charge < -0.3 is 14.2 Å². The molecule has 0 aliphatic rings. The predicted molar refractivity (Wildman–Crippen MR) is 270 cm³/mol. The van der Waals surface area contributed by atoms with E-state index in [4.69, 9.17) is 14.2 Å². The number of ether oxygens (including phenoxy) is 3. The second kappa shape index (κ2) is 51.2. The summed E-state index contributed by atoms with van der Waals surface area (Å²) in [7, 11) is 0. The van der Waals surface area contributed by atoms with Crippen molar-refractivity contribution in [3.05, 3.63) is 85.1 Å². The van der Waals surface area contributed by atoms with Gasteiger partial charge in [-0.25, -0.2) is 0 Å². The third-order valence-electron chi connectivity index (χ3n) is 10.9. The molecule has 0 unspecified atom stereocenters. The molecule has 0 saturated heterocycles. The van der Waals surface area contributed by atoms with Crippen LogP contribution in [0, 0.1) is 0 Å². The number of carbonyl (C=O) groups is 3. The van der Waals surface area contributed by atoms with E-state index >= 15 is 0 Å². The molecule has 0 fully saturated rings. The number of hydrogen-bond acceptors (Lipinski definition) is 6. The molecule has 0 rings (SSSR count). The first-order valence-electron chi connectivity index (χ1n) is 26.1. The lowest BCUT2D eigenvalue weighted by molar-refractivity contribution is -0.167. The first kappa shape index (κ1) is 59.6. The molecule has 0 radical (unpaired) electrons. The average molecular weight is 877 g/mol. The molecule has 0 aromatic carbocycles. The van der Waals surface area contributed by atoms with Crippen molar-refractivity contribution in [3.8, 4) is 0 Å². The summed E-state index contributed by atoms with van der Waals surface area (Å²) in [6, 6.07) is 0. The third-order valence-corrected chi connectivity index (χ3v) is 10.9. The molecular weight excluding hydrogens is 781 g/mol. The van der Waals surface area contributed by atoms with E-state index in [1.165, 1.54) is 89.9 Å². The Morgan fingerprint density at radius 3 is 1.05 bits per heavy atom. The highest BCUT2D eigenvalue weighted by Crippen LogP contribution is 2.13.